The van der Waals surface area contributed by atoms with E-state index in [0.717, 1.165) is 5.69 Å². The predicted octanol–water partition coefficient (Wildman–Crippen LogP) is 12.6. The van der Waals surface area contributed by atoms with Gasteiger partial charge in [0.15, 0.2) is 0 Å². The zero-order valence-electron chi connectivity index (χ0n) is 27.4. The van der Waals surface area contributed by atoms with E-state index >= 15 is 0 Å². The van der Waals surface area contributed by atoms with E-state index in [1.807, 2.05) is 0 Å². The Kier molecular flexibility index (Phi) is 5.96. The average molecular weight is 604 g/mol. The maximum Gasteiger partial charge on any atom is 0.0468 e. The zero-order valence-corrected chi connectivity index (χ0v) is 27.4. The van der Waals surface area contributed by atoms with E-state index < -0.39 is 0 Å². The largest absolute Gasteiger partial charge is 0.310 e. The first kappa shape index (κ1) is 27.9. The molecular weight excluding hydrogens is 567 g/mol. The van der Waals surface area contributed by atoms with Crippen molar-refractivity contribution >= 4 is 27.8 Å². The number of hydrogen-bond donors (Lipinski definition) is 0. The molecule has 0 aromatic heterocycles. The summed E-state index contributed by atoms with van der Waals surface area (Å²) >= 11 is 0. The van der Waals surface area contributed by atoms with Gasteiger partial charge in [-0.1, -0.05) is 131 Å². The lowest BCUT2D eigenvalue weighted by atomic mass is 9.82. The van der Waals surface area contributed by atoms with Crippen LogP contribution >= 0.6 is 0 Å². The van der Waals surface area contributed by atoms with Crippen LogP contribution in [-0.4, -0.2) is 0 Å². The van der Waals surface area contributed by atoms with Crippen molar-refractivity contribution < 1.29 is 0 Å². The molecule has 1 heteroatoms. The summed E-state index contributed by atoms with van der Waals surface area (Å²) < 4.78 is 0. The minimum atomic E-state index is -0.0712. The Labute approximate surface area is 277 Å². The molecule has 47 heavy (non-hydrogen) atoms. The second-order valence-electron chi connectivity index (χ2n) is 14.2. The Morgan fingerprint density at radius 3 is 1.49 bits per heavy atom. The smallest absolute Gasteiger partial charge is 0.0468 e. The van der Waals surface area contributed by atoms with Crippen LogP contribution in [0, 0.1) is 0 Å². The molecule has 0 radical (unpaired) electrons. The van der Waals surface area contributed by atoms with Crippen LogP contribution in [0.3, 0.4) is 0 Å². The number of nitrogens with zero attached hydrogens (tertiary/aromatic N) is 1. The van der Waals surface area contributed by atoms with E-state index in [0.29, 0.717) is 0 Å². The topological polar surface area (TPSA) is 3.24 Å². The van der Waals surface area contributed by atoms with Gasteiger partial charge in [0.1, 0.15) is 0 Å². The van der Waals surface area contributed by atoms with Crippen LogP contribution in [0.5, 0.6) is 0 Å². The zero-order chi connectivity index (χ0) is 31.9. The van der Waals surface area contributed by atoms with Gasteiger partial charge in [-0.2, -0.15) is 0 Å². The maximum absolute atomic E-state index is 2.44. The van der Waals surface area contributed by atoms with Crippen LogP contribution in [-0.2, 0) is 10.8 Å². The van der Waals surface area contributed by atoms with Gasteiger partial charge in [-0.25, -0.2) is 0 Å². The number of anilines is 3. The molecule has 0 amide bonds. The third-order valence-corrected chi connectivity index (χ3v) is 10.8. The highest BCUT2D eigenvalue weighted by atomic mass is 15.1. The van der Waals surface area contributed by atoms with Crippen molar-refractivity contribution in [2.75, 3.05) is 4.90 Å². The SMILES string of the molecule is CC1(C)c2ccccc2-c2cc(N(c3ccc(-c4ccccc4)cc3)c3ccc4c(c3)-c3cc5ccccc5cc3C4(C)C)ccc21. The van der Waals surface area contributed by atoms with Gasteiger partial charge < -0.3 is 4.90 Å². The van der Waals surface area contributed by atoms with Crippen molar-refractivity contribution in [2.45, 2.75) is 38.5 Å². The molecule has 1 nitrogen and oxygen atoms in total. The molecule has 0 aliphatic heterocycles. The standard InChI is InChI=1S/C46H37N/c1-45(2)41-17-11-10-16-37(41)39-28-35(22-24-42(39)45)47(34-20-18-31(19-21-34)30-12-6-5-7-13-30)36-23-25-43-40(29-36)38-26-32-14-8-9-15-33(32)27-44(38)46(43,3)4/h5-29H,1-4H3. The van der Waals surface area contributed by atoms with Crippen molar-refractivity contribution in [1.82, 2.24) is 0 Å². The van der Waals surface area contributed by atoms with E-state index in [-0.39, 0.29) is 10.8 Å². The van der Waals surface area contributed by atoms with E-state index in [9.17, 15) is 0 Å². The third kappa shape index (κ3) is 4.16. The molecule has 0 saturated heterocycles. The van der Waals surface area contributed by atoms with Crippen molar-refractivity contribution in [3.8, 4) is 33.4 Å². The number of rotatable bonds is 4. The molecule has 0 N–H and O–H groups in total. The molecule has 0 atom stereocenters. The van der Waals surface area contributed by atoms with Crippen molar-refractivity contribution in [3.63, 3.8) is 0 Å². The fourth-order valence-electron chi connectivity index (χ4n) is 8.29. The molecule has 0 saturated carbocycles. The maximum atomic E-state index is 2.44. The number of hydrogen-bond acceptors (Lipinski definition) is 1. The molecule has 7 aromatic rings. The summed E-state index contributed by atoms with van der Waals surface area (Å²) in [4.78, 5) is 2.44. The molecule has 2 aliphatic rings. The molecule has 226 valence electrons. The molecule has 0 spiro atoms. The Balaban J connectivity index is 1.24. The molecule has 0 fully saturated rings. The van der Waals surface area contributed by atoms with Gasteiger partial charge in [0.2, 0.25) is 0 Å². The fraction of sp³-hybridized carbons (Fsp3) is 0.130. The van der Waals surface area contributed by atoms with E-state index in [4.69, 9.17) is 0 Å². The summed E-state index contributed by atoms with van der Waals surface area (Å²) in [6.45, 7) is 9.43. The normalized spacial score (nSPS) is 14.7. The second-order valence-corrected chi connectivity index (χ2v) is 14.2. The molecule has 0 bridgehead atoms. The Hall–Kier alpha value is -5.40. The summed E-state index contributed by atoms with van der Waals surface area (Å²) in [6.07, 6.45) is 0. The van der Waals surface area contributed by atoms with Crippen molar-refractivity contribution in [1.29, 1.82) is 0 Å². The van der Waals surface area contributed by atoms with Crippen LogP contribution in [0.2, 0.25) is 0 Å². The molecule has 9 rings (SSSR count). The molecular formula is C46H37N. The van der Waals surface area contributed by atoms with E-state index in [1.54, 1.807) is 0 Å². The Morgan fingerprint density at radius 1 is 0.340 bits per heavy atom. The fourth-order valence-corrected chi connectivity index (χ4v) is 8.29. The third-order valence-electron chi connectivity index (χ3n) is 10.8. The summed E-state index contributed by atoms with van der Waals surface area (Å²) in [7, 11) is 0. The van der Waals surface area contributed by atoms with Gasteiger partial charge in [0.25, 0.3) is 0 Å². The summed E-state index contributed by atoms with van der Waals surface area (Å²) in [5.41, 5.74) is 16.7. The quantitative estimate of drug-likeness (QED) is 0.193. The highest BCUT2D eigenvalue weighted by Gasteiger charge is 2.37. The van der Waals surface area contributed by atoms with Gasteiger partial charge in [0, 0.05) is 27.9 Å². The molecule has 7 aromatic carbocycles. The summed E-state index contributed by atoms with van der Waals surface area (Å²) in [5.74, 6) is 0. The minimum absolute atomic E-state index is 0.0295. The van der Waals surface area contributed by atoms with Crippen LogP contribution < -0.4 is 4.90 Å². The van der Waals surface area contributed by atoms with E-state index in [1.165, 1.54) is 77.8 Å². The summed E-state index contributed by atoms with van der Waals surface area (Å²) in [5, 5.41) is 2.59. The summed E-state index contributed by atoms with van der Waals surface area (Å²) in [6, 6.07) is 56.3. The van der Waals surface area contributed by atoms with Gasteiger partial charge in [-0.15, -0.1) is 0 Å². The molecule has 0 unspecified atom stereocenters. The van der Waals surface area contributed by atoms with Crippen LogP contribution in [0.25, 0.3) is 44.2 Å². The van der Waals surface area contributed by atoms with Gasteiger partial charge in [-0.3, -0.25) is 0 Å². The highest BCUT2D eigenvalue weighted by Crippen LogP contribution is 2.53. The predicted molar refractivity (Wildman–Crippen MR) is 199 cm³/mol. The van der Waals surface area contributed by atoms with Gasteiger partial charge in [0.05, 0.1) is 0 Å². The first-order valence-corrected chi connectivity index (χ1v) is 16.7. The molecule has 2 aliphatic carbocycles. The number of benzene rings is 7. The van der Waals surface area contributed by atoms with Gasteiger partial charge in [-0.05, 0) is 115 Å². The van der Waals surface area contributed by atoms with Crippen LogP contribution in [0.15, 0.2) is 152 Å². The van der Waals surface area contributed by atoms with Crippen LogP contribution in [0.4, 0.5) is 17.1 Å². The lowest BCUT2D eigenvalue weighted by Crippen LogP contribution is -2.16. The Morgan fingerprint density at radius 2 is 0.809 bits per heavy atom. The molecule has 0 heterocycles. The van der Waals surface area contributed by atoms with Crippen molar-refractivity contribution in [3.05, 3.63) is 174 Å². The highest BCUT2D eigenvalue weighted by molar-refractivity contribution is 5.95. The minimum Gasteiger partial charge on any atom is -0.310 e. The lowest BCUT2D eigenvalue weighted by Gasteiger charge is -2.28. The average Bonchev–Trinajstić information content (AvgIpc) is 3.47. The van der Waals surface area contributed by atoms with Crippen LogP contribution in [0.1, 0.15) is 49.9 Å². The van der Waals surface area contributed by atoms with Crippen molar-refractivity contribution in [2.24, 2.45) is 0 Å². The monoisotopic (exact) mass is 603 g/mol. The second kappa shape index (κ2) is 10.0. The lowest BCUT2D eigenvalue weighted by molar-refractivity contribution is 0.660. The Bertz CT molecular complexity index is 2340. The van der Waals surface area contributed by atoms with Gasteiger partial charge >= 0.3 is 0 Å². The van der Waals surface area contributed by atoms with E-state index in [2.05, 4.69) is 184 Å². The first-order valence-electron chi connectivity index (χ1n) is 16.7. The first-order chi connectivity index (χ1) is 22.8. The number of fused-ring (bicyclic) bond motifs is 7.